The molecule has 2 aromatic carbocycles. The highest BCUT2D eigenvalue weighted by molar-refractivity contribution is 7.99. The van der Waals surface area contributed by atoms with Gasteiger partial charge in [-0.1, -0.05) is 30.0 Å². The molecule has 0 saturated carbocycles. The standard InChI is InChI=1S/C23H26N4O3S/c1-16-7-8-17(2)20(13-16)27-12-11-26-23(27)31-15-21(29)24-9-4-10-25-22(30)18-5-3-6-19(28)14-18/h3,5-8,11-14,28H,4,9-10,15H2,1-2H3,(H,24,29)(H,25,30). The molecule has 0 fully saturated rings. The van der Waals surface area contributed by atoms with Crippen LogP contribution in [0.5, 0.6) is 5.75 Å². The molecule has 3 aromatic rings. The number of rotatable bonds is 9. The summed E-state index contributed by atoms with van der Waals surface area (Å²) in [7, 11) is 0. The van der Waals surface area contributed by atoms with Gasteiger partial charge in [0.1, 0.15) is 5.75 Å². The van der Waals surface area contributed by atoms with E-state index in [0.29, 0.717) is 25.1 Å². The van der Waals surface area contributed by atoms with Crippen molar-refractivity contribution in [3.63, 3.8) is 0 Å². The summed E-state index contributed by atoms with van der Waals surface area (Å²) in [5.41, 5.74) is 3.77. The molecule has 0 atom stereocenters. The van der Waals surface area contributed by atoms with Crippen LogP contribution in [0.1, 0.15) is 27.9 Å². The van der Waals surface area contributed by atoms with Crippen molar-refractivity contribution in [3.8, 4) is 11.4 Å². The molecule has 0 bridgehead atoms. The number of benzene rings is 2. The molecule has 2 amide bonds. The van der Waals surface area contributed by atoms with Crippen LogP contribution in [-0.4, -0.2) is 45.3 Å². The fourth-order valence-electron chi connectivity index (χ4n) is 3.01. The smallest absolute Gasteiger partial charge is 0.251 e. The summed E-state index contributed by atoms with van der Waals surface area (Å²) in [6, 6.07) is 12.4. The Kier molecular flexibility index (Phi) is 7.72. The number of hydrogen-bond acceptors (Lipinski definition) is 5. The number of phenols is 1. The van der Waals surface area contributed by atoms with Crippen LogP contribution < -0.4 is 10.6 Å². The zero-order chi connectivity index (χ0) is 22.2. The molecule has 0 radical (unpaired) electrons. The Morgan fingerprint density at radius 3 is 2.71 bits per heavy atom. The highest BCUT2D eigenvalue weighted by Crippen LogP contribution is 2.23. The quantitative estimate of drug-likeness (QED) is 0.352. The first-order valence-corrected chi connectivity index (χ1v) is 11.0. The highest BCUT2D eigenvalue weighted by atomic mass is 32.2. The van der Waals surface area contributed by atoms with Crippen molar-refractivity contribution >= 4 is 23.6 Å². The van der Waals surface area contributed by atoms with Crippen LogP contribution in [0.4, 0.5) is 0 Å². The molecule has 1 heterocycles. The van der Waals surface area contributed by atoms with Crippen molar-refractivity contribution in [2.24, 2.45) is 0 Å². The molecular formula is C23H26N4O3S. The predicted octanol–water partition coefficient (Wildman–Crippen LogP) is 3.22. The summed E-state index contributed by atoms with van der Waals surface area (Å²) >= 11 is 1.38. The van der Waals surface area contributed by atoms with Crippen molar-refractivity contribution in [1.82, 2.24) is 20.2 Å². The van der Waals surface area contributed by atoms with Crippen molar-refractivity contribution < 1.29 is 14.7 Å². The van der Waals surface area contributed by atoms with Gasteiger partial charge in [-0.2, -0.15) is 0 Å². The Morgan fingerprint density at radius 1 is 1.10 bits per heavy atom. The minimum Gasteiger partial charge on any atom is -0.508 e. The monoisotopic (exact) mass is 438 g/mol. The lowest BCUT2D eigenvalue weighted by Crippen LogP contribution is -2.30. The lowest BCUT2D eigenvalue weighted by Gasteiger charge is -2.11. The van der Waals surface area contributed by atoms with Gasteiger partial charge in [0.2, 0.25) is 5.91 Å². The molecule has 3 rings (SSSR count). The van der Waals surface area contributed by atoms with E-state index in [1.54, 1.807) is 18.3 Å². The number of nitrogens with one attached hydrogen (secondary N) is 2. The Labute approximate surface area is 185 Å². The van der Waals surface area contributed by atoms with Gasteiger partial charge in [-0.25, -0.2) is 4.98 Å². The van der Waals surface area contributed by atoms with E-state index in [4.69, 9.17) is 0 Å². The number of aromatic nitrogens is 2. The Bertz CT molecular complexity index is 1060. The number of nitrogens with zero attached hydrogens (tertiary/aromatic N) is 2. The molecule has 7 nitrogen and oxygen atoms in total. The third-order valence-electron chi connectivity index (χ3n) is 4.63. The summed E-state index contributed by atoms with van der Waals surface area (Å²) < 4.78 is 2.00. The van der Waals surface area contributed by atoms with Gasteiger partial charge >= 0.3 is 0 Å². The summed E-state index contributed by atoms with van der Waals surface area (Å²) in [5, 5.41) is 15.8. The number of carbonyl (C=O) groups is 2. The average Bonchev–Trinajstić information content (AvgIpc) is 3.22. The average molecular weight is 439 g/mol. The topological polar surface area (TPSA) is 96.3 Å². The van der Waals surface area contributed by atoms with E-state index in [0.717, 1.165) is 16.4 Å². The number of aromatic hydroxyl groups is 1. The van der Waals surface area contributed by atoms with Gasteiger partial charge in [-0.05, 0) is 55.7 Å². The highest BCUT2D eigenvalue weighted by Gasteiger charge is 2.11. The van der Waals surface area contributed by atoms with Gasteiger partial charge in [-0.15, -0.1) is 0 Å². The Hall–Kier alpha value is -3.26. The van der Waals surface area contributed by atoms with Gasteiger partial charge in [0.25, 0.3) is 5.91 Å². The molecule has 1 aromatic heterocycles. The van der Waals surface area contributed by atoms with Gasteiger partial charge < -0.3 is 15.7 Å². The van der Waals surface area contributed by atoms with E-state index in [-0.39, 0.29) is 23.3 Å². The minimum absolute atomic E-state index is 0.0515. The lowest BCUT2D eigenvalue weighted by atomic mass is 10.1. The van der Waals surface area contributed by atoms with Crippen LogP contribution in [0, 0.1) is 13.8 Å². The second-order valence-corrected chi connectivity index (χ2v) is 8.11. The molecule has 0 aliphatic heterocycles. The van der Waals surface area contributed by atoms with Crippen LogP contribution in [-0.2, 0) is 4.79 Å². The van der Waals surface area contributed by atoms with Crippen molar-refractivity contribution in [3.05, 3.63) is 71.5 Å². The summed E-state index contributed by atoms with van der Waals surface area (Å²) in [5.74, 6) is -0.0242. The number of imidazole rings is 1. The van der Waals surface area contributed by atoms with Crippen LogP contribution in [0.3, 0.4) is 0 Å². The minimum atomic E-state index is -0.254. The number of aryl methyl sites for hydroxylation is 2. The van der Waals surface area contributed by atoms with Crippen molar-refractivity contribution in [2.75, 3.05) is 18.8 Å². The molecule has 0 aliphatic carbocycles. The number of thioether (sulfide) groups is 1. The molecule has 162 valence electrons. The number of carbonyl (C=O) groups excluding carboxylic acids is 2. The molecule has 0 unspecified atom stereocenters. The third-order valence-corrected chi connectivity index (χ3v) is 5.60. The van der Waals surface area contributed by atoms with Crippen LogP contribution in [0.25, 0.3) is 5.69 Å². The number of amides is 2. The predicted molar refractivity (Wildman–Crippen MR) is 122 cm³/mol. The van der Waals surface area contributed by atoms with E-state index in [1.807, 2.05) is 17.7 Å². The molecule has 8 heteroatoms. The zero-order valence-corrected chi connectivity index (χ0v) is 18.4. The van der Waals surface area contributed by atoms with Gasteiger partial charge in [0.15, 0.2) is 5.16 Å². The largest absolute Gasteiger partial charge is 0.508 e. The van der Waals surface area contributed by atoms with E-state index in [9.17, 15) is 14.7 Å². The SMILES string of the molecule is Cc1ccc(C)c(-n2ccnc2SCC(=O)NCCCNC(=O)c2cccc(O)c2)c1. The fourth-order valence-corrected chi connectivity index (χ4v) is 3.80. The second kappa shape index (κ2) is 10.7. The number of hydrogen-bond donors (Lipinski definition) is 3. The summed E-state index contributed by atoms with van der Waals surface area (Å²) in [4.78, 5) is 28.6. The lowest BCUT2D eigenvalue weighted by molar-refractivity contribution is -0.118. The third kappa shape index (κ3) is 6.36. The first-order valence-electron chi connectivity index (χ1n) is 10.0. The van der Waals surface area contributed by atoms with Crippen LogP contribution in [0.15, 0.2) is 60.0 Å². The van der Waals surface area contributed by atoms with E-state index >= 15 is 0 Å². The van der Waals surface area contributed by atoms with Crippen LogP contribution >= 0.6 is 11.8 Å². The van der Waals surface area contributed by atoms with Crippen molar-refractivity contribution in [1.29, 1.82) is 0 Å². The Balaban J connectivity index is 1.40. The van der Waals surface area contributed by atoms with E-state index in [2.05, 4.69) is 40.7 Å². The normalized spacial score (nSPS) is 10.6. The first kappa shape index (κ1) is 22.4. The number of phenolic OH excluding ortho intramolecular Hbond substituents is 1. The molecule has 0 aliphatic rings. The maximum absolute atomic E-state index is 12.2. The molecule has 0 saturated heterocycles. The van der Waals surface area contributed by atoms with E-state index in [1.165, 1.54) is 29.5 Å². The molecule has 3 N–H and O–H groups in total. The maximum Gasteiger partial charge on any atom is 0.251 e. The summed E-state index contributed by atoms with van der Waals surface area (Å²) in [6.07, 6.45) is 4.24. The first-order chi connectivity index (χ1) is 14.9. The van der Waals surface area contributed by atoms with Gasteiger partial charge in [0, 0.05) is 31.0 Å². The second-order valence-electron chi connectivity index (χ2n) is 7.17. The summed E-state index contributed by atoms with van der Waals surface area (Å²) in [6.45, 7) is 4.99. The zero-order valence-electron chi connectivity index (χ0n) is 17.6. The van der Waals surface area contributed by atoms with E-state index < -0.39 is 0 Å². The van der Waals surface area contributed by atoms with Gasteiger partial charge in [0.05, 0.1) is 11.4 Å². The maximum atomic E-state index is 12.2. The fraction of sp³-hybridized carbons (Fsp3) is 0.261. The van der Waals surface area contributed by atoms with Gasteiger partial charge in [-0.3, -0.25) is 14.2 Å². The molecule has 0 spiro atoms. The molecule has 31 heavy (non-hydrogen) atoms. The Morgan fingerprint density at radius 2 is 1.90 bits per heavy atom. The van der Waals surface area contributed by atoms with Crippen LogP contribution in [0.2, 0.25) is 0 Å². The van der Waals surface area contributed by atoms with Crippen molar-refractivity contribution in [2.45, 2.75) is 25.4 Å². The molecular weight excluding hydrogens is 412 g/mol.